The molecule has 0 aliphatic carbocycles. The highest BCUT2D eigenvalue weighted by molar-refractivity contribution is 5.80. The fourth-order valence-electron chi connectivity index (χ4n) is 2.17. The number of nitrogens with one attached hydrogen (secondary N) is 1. The lowest BCUT2D eigenvalue weighted by Gasteiger charge is -2.16. The summed E-state index contributed by atoms with van der Waals surface area (Å²) in [6.45, 7) is 2.01. The van der Waals surface area contributed by atoms with E-state index in [0.29, 0.717) is 0 Å². The van der Waals surface area contributed by atoms with Gasteiger partial charge in [0.1, 0.15) is 12.6 Å². The van der Waals surface area contributed by atoms with Crippen LogP contribution in [0.2, 0.25) is 0 Å². The summed E-state index contributed by atoms with van der Waals surface area (Å²) >= 11 is 0. The summed E-state index contributed by atoms with van der Waals surface area (Å²) in [5.41, 5.74) is 2.70. The van der Waals surface area contributed by atoms with E-state index in [1.165, 1.54) is 0 Å². The average molecular weight is 313 g/mol. The molecular weight excluding hydrogens is 294 g/mol. The number of rotatable bonds is 6. The van der Waals surface area contributed by atoms with Crippen molar-refractivity contribution in [3.63, 3.8) is 0 Å². The first-order valence-electron chi connectivity index (χ1n) is 7.31. The molecule has 1 atom stereocenters. The zero-order chi connectivity index (χ0) is 16.7. The van der Waals surface area contributed by atoms with Gasteiger partial charge in [0.25, 0.3) is 0 Å². The number of carbonyl (C=O) groups excluding carboxylic acids is 1. The number of alkyl carbamates (subject to hydrolysis) is 1. The van der Waals surface area contributed by atoms with Gasteiger partial charge in [-0.3, -0.25) is 0 Å². The molecule has 1 unspecified atom stereocenters. The summed E-state index contributed by atoms with van der Waals surface area (Å²) in [5, 5.41) is 11.7. The van der Waals surface area contributed by atoms with Crippen molar-refractivity contribution in [2.45, 2.75) is 26.0 Å². The van der Waals surface area contributed by atoms with Crippen molar-refractivity contribution in [1.82, 2.24) is 5.32 Å². The Morgan fingerprint density at radius 1 is 1.09 bits per heavy atom. The van der Waals surface area contributed by atoms with Gasteiger partial charge in [-0.1, -0.05) is 54.6 Å². The molecule has 0 aliphatic heterocycles. The molecular formula is C18H19NO4. The normalized spacial score (nSPS) is 11.5. The SMILES string of the molecule is Cc1ccccc1CC(NC(=O)OCc1ccccc1)C(=O)O. The lowest BCUT2D eigenvalue weighted by Crippen LogP contribution is -2.42. The number of aryl methyl sites for hydroxylation is 1. The van der Waals surface area contributed by atoms with Gasteiger partial charge in [-0.2, -0.15) is 0 Å². The van der Waals surface area contributed by atoms with Crippen LogP contribution < -0.4 is 5.32 Å². The van der Waals surface area contributed by atoms with E-state index >= 15 is 0 Å². The van der Waals surface area contributed by atoms with Gasteiger partial charge in [0, 0.05) is 6.42 Å². The Hall–Kier alpha value is -2.82. The van der Waals surface area contributed by atoms with Crippen molar-refractivity contribution >= 4 is 12.1 Å². The molecule has 0 heterocycles. The van der Waals surface area contributed by atoms with Crippen molar-refractivity contribution in [3.8, 4) is 0 Å². The van der Waals surface area contributed by atoms with Crippen LogP contribution in [0.1, 0.15) is 16.7 Å². The van der Waals surface area contributed by atoms with Gasteiger partial charge < -0.3 is 15.2 Å². The lowest BCUT2D eigenvalue weighted by molar-refractivity contribution is -0.139. The van der Waals surface area contributed by atoms with E-state index in [2.05, 4.69) is 5.32 Å². The van der Waals surface area contributed by atoms with Gasteiger partial charge in [0.15, 0.2) is 0 Å². The van der Waals surface area contributed by atoms with Crippen molar-refractivity contribution in [3.05, 3.63) is 71.3 Å². The zero-order valence-corrected chi connectivity index (χ0v) is 12.9. The minimum atomic E-state index is -1.09. The van der Waals surface area contributed by atoms with Gasteiger partial charge in [-0.05, 0) is 23.6 Å². The Labute approximate surface area is 134 Å². The topological polar surface area (TPSA) is 75.6 Å². The first-order valence-corrected chi connectivity index (χ1v) is 7.31. The van der Waals surface area contributed by atoms with E-state index in [1.54, 1.807) is 0 Å². The minimum Gasteiger partial charge on any atom is -0.480 e. The Morgan fingerprint density at radius 2 is 1.74 bits per heavy atom. The number of ether oxygens (including phenoxy) is 1. The van der Waals surface area contributed by atoms with E-state index in [9.17, 15) is 14.7 Å². The molecule has 2 rings (SSSR count). The predicted molar refractivity (Wildman–Crippen MR) is 86.1 cm³/mol. The van der Waals surface area contributed by atoms with Gasteiger partial charge in [-0.15, -0.1) is 0 Å². The van der Waals surface area contributed by atoms with Crippen LogP contribution in [0, 0.1) is 6.92 Å². The van der Waals surface area contributed by atoms with E-state index in [1.807, 2.05) is 61.5 Å². The highest BCUT2D eigenvalue weighted by Gasteiger charge is 2.21. The number of hydrogen-bond donors (Lipinski definition) is 2. The van der Waals surface area contributed by atoms with Crippen LogP contribution in [0.3, 0.4) is 0 Å². The number of aliphatic carboxylic acids is 1. The van der Waals surface area contributed by atoms with Gasteiger partial charge in [0.05, 0.1) is 0 Å². The average Bonchev–Trinajstić information content (AvgIpc) is 2.55. The summed E-state index contributed by atoms with van der Waals surface area (Å²) in [6.07, 6.45) is -0.530. The number of benzene rings is 2. The lowest BCUT2D eigenvalue weighted by atomic mass is 10.0. The van der Waals surface area contributed by atoms with Crippen molar-refractivity contribution in [2.24, 2.45) is 0 Å². The fourth-order valence-corrected chi connectivity index (χ4v) is 2.17. The summed E-state index contributed by atoms with van der Waals surface area (Å²) < 4.78 is 5.06. The quantitative estimate of drug-likeness (QED) is 0.860. The second kappa shape index (κ2) is 7.98. The van der Waals surface area contributed by atoms with Crippen LogP contribution in [0.5, 0.6) is 0 Å². The summed E-state index contributed by atoms with van der Waals surface area (Å²) in [7, 11) is 0. The molecule has 0 spiro atoms. The Bertz CT molecular complexity index is 670. The second-order valence-corrected chi connectivity index (χ2v) is 5.23. The molecule has 0 aliphatic rings. The first kappa shape index (κ1) is 16.5. The van der Waals surface area contributed by atoms with Gasteiger partial charge in [-0.25, -0.2) is 9.59 Å². The third-order valence-corrected chi connectivity index (χ3v) is 3.49. The number of carboxylic acid groups (broad SMARTS) is 1. The largest absolute Gasteiger partial charge is 0.480 e. The van der Waals surface area contributed by atoms with Crippen LogP contribution >= 0.6 is 0 Å². The third-order valence-electron chi connectivity index (χ3n) is 3.49. The summed E-state index contributed by atoms with van der Waals surface area (Å²) in [4.78, 5) is 23.2. The fraction of sp³-hybridized carbons (Fsp3) is 0.222. The molecule has 120 valence electrons. The first-order chi connectivity index (χ1) is 11.1. The van der Waals surface area contributed by atoms with Crippen LogP contribution in [-0.4, -0.2) is 23.2 Å². The number of amides is 1. The molecule has 0 radical (unpaired) electrons. The third kappa shape index (κ3) is 5.14. The second-order valence-electron chi connectivity index (χ2n) is 5.23. The highest BCUT2D eigenvalue weighted by atomic mass is 16.5. The molecule has 0 saturated carbocycles. The maximum Gasteiger partial charge on any atom is 0.408 e. The maximum atomic E-state index is 11.8. The predicted octanol–water partition coefficient (Wildman–Crippen LogP) is 2.92. The van der Waals surface area contributed by atoms with Crippen molar-refractivity contribution < 1.29 is 19.4 Å². The minimum absolute atomic E-state index is 0.101. The van der Waals surface area contributed by atoms with Gasteiger partial charge >= 0.3 is 12.1 Å². The number of hydrogen-bond acceptors (Lipinski definition) is 3. The Kier molecular flexibility index (Phi) is 5.74. The van der Waals surface area contributed by atoms with E-state index < -0.39 is 18.1 Å². The Balaban J connectivity index is 1.92. The molecule has 5 nitrogen and oxygen atoms in total. The zero-order valence-electron chi connectivity index (χ0n) is 12.9. The van der Waals surface area contributed by atoms with Crippen LogP contribution in [0.15, 0.2) is 54.6 Å². The highest BCUT2D eigenvalue weighted by Crippen LogP contribution is 2.10. The van der Waals surface area contributed by atoms with Crippen LogP contribution in [0.25, 0.3) is 0 Å². The van der Waals surface area contributed by atoms with E-state index in [4.69, 9.17) is 4.74 Å². The smallest absolute Gasteiger partial charge is 0.408 e. The molecule has 0 aromatic heterocycles. The molecule has 2 aromatic carbocycles. The molecule has 2 aromatic rings. The molecule has 5 heteroatoms. The van der Waals surface area contributed by atoms with E-state index in [0.717, 1.165) is 16.7 Å². The van der Waals surface area contributed by atoms with Crippen molar-refractivity contribution in [1.29, 1.82) is 0 Å². The molecule has 0 fully saturated rings. The van der Waals surface area contributed by atoms with Crippen LogP contribution in [-0.2, 0) is 22.6 Å². The van der Waals surface area contributed by atoms with Crippen LogP contribution in [0.4, 0.5) is 4.79 Å². The number of carbonyl (C=O) groups is 2. The van der Waals surface area contributed by atoms with Gasteiger partial charge in [0.2, 0.25) is 0 Å². The molecule has 0 saturated heterocycles. The molecule has 2 N–H and O–H groups in total. The summed E-state index contributed by atoms with van der Waals surface area (Å²) in [5.74, 6) is -1.09. The Morgan fingerprint density at radius 3 is 2.39 bits per heavy atom. The molecule has 1 amide bonds. The molecule has 23 heavy (non-hydrogen) atoms. The molecule has 0 bridgehead atoms. The monoisotopic (exact) mass is 313 g/mol. The standard InChI is InChI=1S/C18H19NO4/c1-13-7-5-6-10-15(13)11-16(17(20)21)19-18(22)23-12-14-8-3-2-4-9-14/h2-10,16H,11-12H2,1H3,(H,19,22)(H,20,21). The summed E-state index contributed by atoms with van der Waals surface area (Å²) in [6, 6.07) is 15.7. The van der Waals surface area contributed by atoms with E-state index in [-0.39, 0.29) is 13.0 Å². The number of carboxylic acids is 1. The van der Waals surface area contributed by atoms with Crippen molar-refractivity contribution in [2.75, 3.05) is 0 Å². The maximum absolute atomic E-state index is 11.8.